The van der Waals surface area contributed by atoms with Crippen molar-refractivity contribution < 1.29 is 18.7 Å². The van der Waals surface area contributed by atoms with Crippen LogP contribution in [0.1, 0.15) is 42.7 Å². The third-order valence-corrected chi connectivity index (χ3v) is 4.99. The van der Waals surface area contributed by atoms with Gasteiger partial charge in [-0.25, -0.2) is 0 Å². The van der Waals surface area contributed by atoms with Gasteiger partial charge in [-0.05, 0) is 37.8 Å². The number of amides is 2. The molecule has 6 nitrogen and oxygen atoms in total. The number of nitrogens with one attached hydrogen (secondary N) is 1. The Kier molecular flexibility index (Phi) is 4.71. The van der Waals surface area contributed by atoms with Gasteiger partial charge >= 0.3 is 0 Å². The molecule has 2 amide bonds. The van der Waals surface area contributed by atoms with E-state index < -0.39 is 0 Å². The van der Waals surface area contributed by atoms with Crippen LogP contribution in [0.2, 0.25) is 0 Å². The predicted molar refractivity (Wildman–Crippen MR) is 83.9 cm³/mol. The maximum Gasteiger partial charge on any atom is 0.289 e. The minimum atomic E-state index is -0.359. The number of carbonyl (C=O) groups is 2. The van der Waals surface area contributed by atoms with Gasteiger partial charge in [0.05, 0.1) is 18.3 Å². The summed E-state index contributed by atoms with van der Waals surface area (Å²) in [6.07, 6.45) is 6.13. The zero-order valence-electron chi connectivity index (χ0n) is 13.5. The summed E-state index contributed by atoms with van der Waals surface area (Å²) in [5.41, 5.74) is -0.359. The van der Waals surface area contributed by atoms with Crippen LogP contribution in [-0.4, -0.2) is 49.6 Å². The van der Waals surface area contributed by atoms with E-state index in [1.165, 1.54) is 6.26 Å². The molecule has 1 unspecified atom stereocenters. The lowest BCUT2D eigenvalue weighted by Crippen LogP contribution is -2.55. The second-order valence-electron chi connectivity index (χ2n) is 6.61. The number of hydrogen-bond acceptors (Lipinski definition) is 4. The lowest BCUT2D eigenvalue weighted by molar-refractivity contribution is -0.141. The van der Waals surface area contributed by atoms with Crippen LogP contribution < -0.4 is 5.32 Å². The minimum Gasteiger partial charge on any atom is -0.459 e. The van der Waals surface area contributed by atoms with Crippen molar-refractivity contribution >= 4 is 11.8 Å². The fourth-order valence-corrected chi connectivity index (χ4v) is 3.49. The molecule has 0 spiro atoms. The quantitative estimate of drug-likeness (QED) is 0.898. The summed E-state index contributed by atoms with van der Waals surface area (Å²) < 4.78 is 10.4. The molecule has 0 bridgehead atoms. The van der Waals surface area contributed by atoms with Crippen LogP contribution in [0.25, 0.3) is 0 Å². The number of likely N-dealkylation sites (tertiary alicyclic amines) is 1. The Bertz CT molecular complexity index is 551. The molecule has 3 rings (SSSR count). The normalized spacial score (nSPS) is 23.2. The maximum absolute atomic E-state index is 12.6. The molecule has 1 aliphatic heterocycles. The van der Waals surface area contributed by atoms with Crippen LogP contribution in [0, 0.1) is 5.41 Å². The third-order valence-electron chi connectivity index (χ3n) is 4.99. The summed E-state index contributed by atoms with van der Waals surface area (Å²) >= 11 is 0. The number of carbonyl (C=O) groups excluding carboxylic acids is 2. The summed E-state index contributed by atoms with van der Waals surface area (Å²) in [6.45, 7) is 1.71. The van der Waals surface area contributed by atoms with Crippen molar-refractivity contribution in [3.8, 4) is 0 Å². The average molecular weight is 320 g/mol. The molecule has 23 heavy (non-hydrogen) atoms. The largest absolute Gasteiger partial charge is 0.459 e. The zero-order chi connectivity index (χ0) is 16.3. The summed E-state index contributed by atoms with van der Waals surface area (Å²) in [7, 11) is 1.64. The number of furan rings is 1. The van der Waals surface area contributed by atoms with Crippen molar-refractivity contribution in [3.63, 3.8) is 0 Å². The Labute approximate surface area is 136 Å². The minimum absolute atomic E-state index is 0.00416. The second-order valence-corrected chi connectivity index (χ2v) is 6.61. The lowest BCUT2D eigenvalue weighted by atomic mass is 9.68. The van der Waals surface area contributed by atoms with Gasteiger partial charge in [0.2, 0.25) is 5.91 Å². The fraction of sp³-hybridized carbons (Fsp3) is 0.647. The van der Waals surface area contributed by atoms with E-state index in [1.54, 1.807) is 24.1 Å². The molecule has 1 aromatic heterocycles. The molecule has 2 aliphatic rings. The van der Waals surface area contributed by atoms with E-state index in [1.807, 2.05) is 0 Å². The van der Waals surface area contributed by atoms with Gasteiger partial charge in [0, 0.05) is 26.2 Å². The molecule has 0 radical (unpaired) electrons. The van der Waals surface area contributed by atoms with Gasteiger partial charge in [-0.1, -0.05) is 6.42 Å². The SMILES string of the molecule is COCC1(C(=O)NC2CCCN(C(=O)c3ccco3)C2)CCC1. The second kappa shape index (κ2) is 6.74. The van der Waals surface area contributed by atoms with Crippen LogP contribution in [-0.2, 0) is 9.53 Å². The molecular weight excluding hydrogens is 296 g/mol. The third kappa shape index (κ3) is 3.27. The van der Waals surface area contributed by atoms with Gasteiger partial charge in [-0.15, -0.1) is 0 Å². The van der Waals surface area contributed by atoms with Gasteiger partial charge in [-0.3, -0.25) is 9.59 Å². The smallest absolute Gasteiger partial charge is 0.289 e. The predicted octanol–water partition coefficient (Wildman–Crippen LogP) is 1.82. The first-order valence-electron chi connectivity index (χ1n) is 8.27. The topological polar surface area (TPSA) is 71.8 Å². The van der Waals surface area contributed by atoms with E-state index in [9.17, 15) is 9.59 Å². The van der Waals surface area contributed by atoms with Crippen molar-refractivity contribution in [2.45, 2.75) is 38.1 Å². The van der Waals surface area contributed by atoms with Crippen molar-refractivity contribution in [1.82, 2.24) is 10.2 Å². The van der Waals surface area contributed by atoms with Crippen molar-refractivity contribution in [1.29, 1.82) is 0 Å². The highest BCUT2D eigenvalue weighted by Gasteiger charge is 2.45. The Morgan fingerprint density at radius 1 is 1.43 bits per heavy atom. The van der Waals surface area contributed by atoms with Crippen LogP contribution in [0.3, 0.4) is 0 Å². The van der Waals surface area contributed by atoms with Crippen molar-refractivity contribution in [3.05, 3.63) is 24.2 Å². The van der Waals surface area contributed by atoms with E-state index in [2.05, 4.69) is 5.32 Å². The number of ether oxygens (including phenoxy) is 1. The fourth-order valence-electron chi connectivity index (χ4n) is 3.49. The number of hydrogen-bond donors (Lipinski definition) is 1. The average Bonchev–Trinajstić information content (AvgIpc) is 3.04. The van der Waals surface area contributed by atoms with Gasteiger partial charge in [0.15, 0.2) is 5.76 Å². The Morgan fingerprint density at radius 2 is 2.26 bits per heavy atom. The molecule has 0 aromatic carbocycles. The Hall–Kier alpha value is -1.82. The first kappa shape index (κ1) is 16.1. The highest BCUT2D eigenvalue weighted by atomic mass is 16.5. The number of methoxy groups -OCH3 is 1. The monoisotopic (exact) mass is 320 g/mol. The van der Waals surface area contributed by atoms with Crippen molar-refractivity contribution in [2.75, 3.05) is 26.8 Å². The van der Waals surface area contributed by atoms with Crippen LogP contribution in [0.4, 0.5) is 0 Å². The number of rotatable bonds is 5. The molecule has 1 saturated heterocycles. The summed E-state index contributed by atoms with van der Waals surface area (Å²) in [5.74, 6) is 0.318. The molecule has 1 atom stereocenters. The Balaban J connectivity index is 1.58. The molecule has 1 aliphatic carbocycles. The van der Waals surface area contributed by atoms with E-state index in [-0.39, 0.29) is 23.3 Å². The summed E-state index contributed by atoms with van der Waals surface area (Å²) in [5, 5.41) is 3.13. The van der Waals surface area contributed by atoms with Gasteiger partial charge < -0.3 is 19.4 Å². The summed E-state index contributed by atoms with van der Waals surface area (Å²) in [4.78, 5) is 26.7. The maximum atomic E-state index is 12.6. The molecule has 2 fully saturated rings. The number of piperidine rings is 1. The van der Waals surface area contributed by atoms with Gasteiger partial charge in [-0.2, -0.15) is 0 Å². The van der Waals surface area contributed by atoms with E-state index in [0.29, 0.717) is 25.5 Å². The van der Waals surface area contributed by atoms with E-state index in [4.69, 9.17) is 9.15 Å². The van der Waals surface area contributed by atoms with E-state index >= 15 is 0 Å². The van der Waals surface area contributed by atoms with Gasteiger partial charge in [0.25, 0.3) is 5.91 Å². The van der Waals surface area contributed by atoms with Crippen LogP contribution in [0.15, 0.2) is 22.8 Å². The van der Waals surface area contributed by atoms with Crippen LogP contribution in [0.5, 0.6) is 0 Å². The van der Waals surface area contributed by atoms with Gasteiger partial charge in [0.1, 0.15) is 0 Å². The standard InChI is InChI=1S/C17H24N2O4/c1-22-12-17(7-4-8-17)16(21)18-13-5-2-9-19(11-13)15(20)14-6-3-10-23-14/h3,6,10,13H,2,4-5,7-9,11-12H2,1H3,(H,18,21). The molecule has 6 heteroatoms. The molecule has 1 N–H and O–H groups in total. The molecule has 2 heterocycles. The highest BCUT2D eigenvalue weighted by molar-refractivity contribution is 5.91. The number of nitrogens with zero attached hydrogens (tertiary/aromatic N) is 1. The van der Waals surface area contributed by atoms with Crippen LogP contribution >= 0.6 is 0 Å². The first-order valence-corrected chi connectivity index (χ1v) is 8.27. The van der Waals surface area contributed by atoms with Crippen molar-refractivity contribution in [2.24, 2.45) is 5.41 Å². The molecule has 1 aromatic rings. The zero-order valence-corrected chi connectivity index (χ0v) is 13.5. The lowest BCUT2D eigenvalue weighted by Gasteiger charge is -2.41. The first-order chi connectivity index (χ1) is 11.1. The molecule has 1 saturated carbocycles. The Morgan fingerprint density at radius 3 is 2.87 bits per heavy atom. The molecular formula is C17H24N2O4. The molecule has 126 valence electrons. The summed E-state index contributed by atoms with van der Waals surface area (Å²) in [6, 6.07) is 3.39. The van der Waals surface area contributed by atoms with E-state index in [0.717, 1.165) is 32.1 Å². The highest BCUT2D eigenvalue weighted by Crippen LogP contribution is 2.41.